The molecule has 130 valence electrons. The summed E-state index contributed by atoms with van der Waals surface area (Å²) in [7, 11) is 4.84. The van der Waals surface area contributed by atoms with E-state index in [1.165, 1.54) is 0 Å². The molecule has 2 aromatic rings. The predicted molar refractivity (Wildman–Crippen MR) is 85.8 cm³/mol. The zero-order chi connectivity index (χ0) is 17.1. The van der Waals surface area contributed by atoms with Gasteiger partial charge >= 0.3 is 0 Å². The van der Waals surface area contributed by atoms with Crippen molar-refractivity contribution >= 4 is 0 Å². The fraction of sp³-hybridized carbons (Fsp3) is 0.471. The second kappa shape index (κ2) is 7.21. The lowest BCUT2D eigenvalue weighted by Crippen LogP contribution is -2.33. The molecule has 1 unspecified atom stereocenters. The molecule has 1 aromatic carbocycles. The van der Waals surface area contributed by atoms with Crippen LogP contribution in [-0.4, -0.2) is 43.0 Å². The fourth-order valence-electron chi connectivity index (χ4n) is 3.13. The van der Waals surface area contributed by atoms with Gasteiger partial charge in [0.15, 0.2) is 5.76 Å². The van der Waals surface area contributed by atoms with Crippen LogP contribution < -0.4 is 9.47 Å². The van der Waals surface area contributed by atoms with Gasteiger partial charge in [-0.3, -0.25) is 4.90 Å². The highest BCUT2D eigenvalue weighted by Crippen LogP contribution is 2.39. The van der Waals surface area contributed by atoms with E-state index in [1.54, 1.807) is 21.3 Å². The van der Waals surface area contributed by atoms with Crippen molar-refractivity contribution in [3.8, 4) is 11.5 Å². The first kappa shape index (κ1) is 16.8. The second-order valence-corrected chi connectivity index (χ2v) is 5.77. The van der Waals surface area contributed by atoms with Crippen molar-refractivity contribution in [2.75, 3.05) is 27.9 Å². The molecule has 1 aromatic heterocycles. The lowest BCUT2D eigenvalue weighted by atomic mass is 9.95. The largest absolute Gasteiger partial charge is 0.496 e. The number of hydrogen-bond acceptors (Lipinski definition) is 7. The molecule has 0 spiro atoms. The van der Waals surface area contributed by atoms with Crippen molar-refractivity contribution in [2.24, 2.45) is 0 Å². The van der Waals surface area contributed by atoms with Gasteiger partial charge in [0.1, 0.15) is 18.1 Å². The SMILES string of the molecule is COCc1cc(CN2Cc3c(OC)ccc(OC)c3C(O)C2)no1. The van der Waals surface area contributed by atoms with Crippen LogP contribution in [0.5, 0.6) is 11.5 Å². The molecule has 1 aliphatic heterocycles. The van der Waals surface area contributed by atoms with E-state index in [0.29, 0.717) is 37.8 Å². The molecule has 1 atom stereocenters. The third-order valence-corrected chi connectivity index (χ3v) is 4.14. The predicted octanol–water partition coefficient (Wildman–Crippen LogP) is 1.89. The van der Waals surface area contributed by atoms with Crippen LogP contribution >= 0.6 is 0 Å². The second-order valence-electron chi connectivity index (χ2n) is 5.77. The zero-order valence-electron chi connectivity index (χ0n) is 14.1. The maximum atomic E-state index is 10.6. The Labute approximate surface area is 140 Å². The topological polar surface area (TPSA) is 77.2 Å². The standard InChI is InChI=1S/C17H22N2O5/c1-21-10-12-6-11(18-24-12)7-19-8-13-15(22-2)4-5-16(23-3)17(13)14(20)9-19/h4-6,14,20H,7-10H2,1-3H3. The average Bonchev–Trinajstić information content (AvgIpc) is 3.01. The minimum absolute atomic E-state index is 0.392. The minimum atomic E-state index is -0.649. The third-order valence-electron chi connectivity index (χ3n) is 4.14. The van der Waals surface area contributed by atoms with E-state index in [-0.39, 0.29) is 0 Å². The van der Waals surface area contributed by atoms with Gasteiger partial charge in [-0.1, -0.05) is 5.16 Å². The van der Waals surface area contributed by atoms with Crippen LogP contribution in [0.4, 0.5) is 0 Å². The number of β-amino-alcohol motifs (C(OH)–C–C–N with tert-alkyl or cyclic N) is 1. The van der Waals surface area contributed by atoms with Crippen LogP contribution in [-0.2, 0) is 24.4 Å². The molecule has 0 bridgehead atoms. The Balaban J connectivity index is 1.82. The van der Waals surface area contributed by atoms with Gasteiger partial charge < -0.3 is 23.8 Å². The van der Waals surface area contributed by atoms with E-state index in [4.69, 9.17) is 18.7 Å². The molecule has 7 nitrogen and oxygen atoms in total. The summed E-state index contributed by atoms with van der Waals surface area (Å²) in [5.41, 5.74) is 2.55. The van der Waals surface area contributed by atoms with Gasteiger partial charge in [0.25, 0.3) is 0 Å². The number of fused-ring (bicyclic) bond motifs is 1. The molecule has 1 aliphatic rings. The van der Waals surface area contributed by atoms with E-state index < -0.39 is 6.10 Å². The Kier molecular flexibility index (Phi) is 5.03. The lowest BCUT2D eigenvalue weighted by Gasteiger charge is -2.33. The molecular formula is C17H22N2O5. The molecule has 24 heavy (non-hydrogen) atoms. The van der Waals surface area contributed by atoms with Crippen LogP contribution in [0.3, 0.4) is 0 Å². The van der Waals surface area contributed by atoms with Crippen LogP contribution in [0.15, 0.2) is 22.7 Å². The van der Waals surface area contributed by atoms with E-state index in [9.17, 15) is 5.11 Å². The van der Waals surface area contributed by atoms with Gasteiger partial charge in [-0.2, -0.15) is 0 Å². The number of rotatable bonds is 6. The van der Waals surface area contributed by atoms with Crippen molar-refractivity contribution in [2.45, 2.75) is 25.8 Å². The average molecular weight is 334 g/mol. The summed E-state index contributed by atoms with van der Waals surface area (Å²) >= 11 is 0. The first-order valence-electron chi connectivity index (χ1n) is 7.73. The Morgan fingerprint density at radius 3 is 2.71 bits per heavy atom. The summed E-state index contributed by atoms with van der Waals surface area (Å²) in [5, 5.41) is 14.6. The third kappa shape index (κ3) is 3.24. The Bertz CT molecular complexity index is 700. The lowest BCUT2D eigenvalue weighted by molar-refractivity contribution is 0.0829. The van der Waals surface area contributed by atoms with Crippen LogP contribution in [0.1, 0.15) is 28.7 Å². The summed E-state index contributed by atoms with van der Waals surface area (Å²) < 4.78 is 21.1. The van der Waals surface area contributed by atoms with Crippen LogP contribution in [0, 0.1) is 0 Å². The molecule has 1 N–H and O–H groups in total. The van der Waals surface area contributed by atoms with Crippen molar-refractivity contribution in [1.82, 2.24) is 10.1 Å². The molecule has 0 radical (unpaired) electrons. The highest BCUT2D eigenvalue weighted by Gasteiger charge is 2.30. The van der Waals surface area contributed by atoms with Gasteiger partial charge in [-0.25, -0.2) is 0 Å². The number of methoxy groups -OCH3 is 3. The summed E-state index contributed by atoms with van der Waals surface area (Å²) in [6.45, 7) is 2.09. The molecule has 0 aliphatic carbocycles. The first-order chi connectivity index (χ1) is 11.7. The van der Waals surface area contributed by atoms with E-state index >= 15 is 0 Å². The molecule has 0 amide bonds. The summed E-state index contributed by atoms with van der Waals surface area (Å²) in [6.07, 6.45) is -0.649. The molecule has 0 saturated heterocycles. The van der Waals surface area contributed by atoms with E-state index in [1.807, 2.05) is 18.2 Å². The summed E-state index contributed by atoms with van der Waals surface area (Å²) in [5.74, 6) is 2.11. The van der Waals surface area contributed by atoms with Crippen LogP contribution in [0.2, 0.25) is 0 Å². The Morgan fingerprint density at radius 2 is 2.00 bits per heavy atom. The Hall–Kier alpha value is -2.09. The number of benzene rings is 1. The van der Waals surface area contributed by atoms with Gasteiger partial charge in [-0.05, 0) is 12.1 Å². The van der Waals surface area contributed by atoms with Crippen LogP contribution in [0.25, 0.3) is 0 Å². The minimum Gasteiger partial charge on any atom is -0.496 e. The maximum Gasteiger partial charge on any atom is 0.162 e. The molecule has 7 heteroatoms. The highest BCUT2D eigenvalue weighted by molar-refractivity contribution is 5.51. The smallest absolute Gasteiger partial charge is 0.162 e. The number of nitrogens with zero attached hydrogens (tertiary/aromatic N) is 2. The van der Waals surface area contributed by atoms with Gasteiger partial charge in [-0.15, -0.1) is 0 Å². The monoisotopic (exact) mass is 334 g/mol. The molecule has 3 rings (SSSR count). The number of aliphatic hydroxyl groups is 1. The molecule has 0 saturated carbocycles. The first-order valence-corrected chi connectivity index (χ1v) is 7.73. The van der Waals surface area contributed by atoms with Crippen molar-refractivity contribution in [3.63, 3.8) is 0 Å². The quantitative estimate of drug-likeness (QED) is 0.864. The normalized spacial score (nSPS) is 17.6. The number of ether oxygens (including phenoxy) is 3. The van der Waals surface area contributed by atoms with Crippen molar-refractivity contribution in [3.05, 3.63) is 40.8 Å². The highest BCUT2D eigenvalue weighted by atomic mass is 16.5. The molecular weight excluding hydrogens is 312 g/mol. The number of aromatic nitrogens is 1. The van der Waals surface area contributed by atoms with Crippen molar-refractivity contribution in [1.29, 1.82) is 0 Å². The van der Waals surface area contributed by atoms with Gasteiger partial charge in [0.2, 0.25) is 0 Å². The fourth-order valence-corrected chi connectivity index (χ4v) is 3.13. The van der Waals surface area contributed by atoms with E-state index in [2.05, 4.69) is 10.1 Å². The molecule has 0 fully saturated rings. The number of aliphatic hydroxyl groups excluding tert-OH is 1. The molecule has 2 heterocycles. The Morgan fingerprint density at radius 1 is 1.25 bits per heavy atom. The van der Waals surface area contributed by atoms with Gasteiger partial charge in [0, 0.05) is 43.9 Å². The summed E-state index contributed by atoms with van der Waals surface area (Å²) in [6, 6.07) is 5.56. The van der Waals surface area contributed by atoms with E-state index in [0.717, 1.165) is 22.6 Å². The summed E-state index contributed by atoms with van der Waals surface area (Å²) in [4.78, 5) is 2.10. The van der Waals surface area contributed by atoms with Crippen molar-refractivity contribution < 1.29 is 23.8 Å². The number of hydrogen-bond donors (Lipinski definition) is 1. The zero-order valence-corrected chi connectivity index (χ0v) is 14.1. The maximum absolute atomic E-state index is 10.6. The van der Waals surface area contributed by atoms with Gasteiger partial charge in [0.05, 0.1) is 26.0 Å².